The molecule has 2 aliphatic heterocycles. The Hall–Kier alpha value is -0.873. The molecule has 8 heteroatoms. The summed E-state index contributed by atoms with van der Waals surface area (Å²) in [5.74, 6) is -0.707. The van der Waals surface area contributed by atoms with Gasteiger partial charge in [0.15, 0.2) is 0 Å². The first kappa shape index (κ1) is 16.5. The Morgan fingerprint density at radius 3 is 2.48 bits per heavy atom. The number of aromatic carboxylic acids is 1. The second-order valence-electron chi connectivity index (χ2n) is 5.18. The largest absolute Gasteiger partial charge is 1.00 e. The van der Waals surface area contributed by atoms with Gasteiger partial charge in [0.25, 0.3) is 0 Å². The fraction of sp³-hybridized carbons (Fsp3) is 0.615. The second-order valence-corrected chi connectivity index (χ2v) is 6.25. The van der Waals surface area contributed by atoms with E-state index >= 15 is 0 Å². The zero-order valence-electron chi connectivity index (χ0n) is 11.9. The molecule has 0 atom stereocenters. The van der Waals surface area contributed by atoms with Gasteiger partial charge in [0.1, 0.15) is 0 Å². The number of piperidine rings is 1. The average molecular weight is 302 g/mol. The molecular weight excluding hydrogens is 287 g/mol. The van der Waals surface area contributed by atoms with E-state index in [4.69, 9.17) is 4.74 Å². The molecule has 1 aromatic rings. The molecule has 3 heterocycles. The predicted octanol–water partition coefficient (Wildman–Crippen LogP) is -3.14. The van der Waals surface area contributed by atoms with Crippen molar-refractivity contribution in [1.82, 2.24) is 9.88 Å². The maximum absolute atomic E-state index is 12.1. The molecule has 1 amide bonds. The SMILES string of the molecule is O=C([O-])c1cnc(C2CCN(C(=O)C3COC3)CC2)s1.[Li+]. The van der Waals surface area contributed by atoms with Gasteiger partial charge in [0.2, 0.25) is 5.91 Å². The van der Waals surface area contributed by atoms with Crippen LogP contribution in [-0.2, 0) is 9.53 Å². The summed E-state index contributed by atoms with van der Waals surface area (Å²) in [5.41, 5.74) is 0. The van der Waals surface area contributed by atoms with Crippen molar-refractivity contribution in [3.05, 3.63) is 16.1 Å². The molecule has 21 heavy (non-hydrogen) atoms. The van der Waals surface area contributed by atoms with Gasteiger partial charge in [-0.1, -0.05) is 0 Å². The van der Waals surface area contributed by atoms with Gasteiger partial charge in [0, 0.05) is 25.2 Å². The minimum Gasteiger partial charge on any atom is -0.544 e. The van der Waals surface area contributed by atoms with Crippen LogP contribution in [0.1, 0.15) is 33.4 Å². The molecule has 108 valence electrons. The predicted molar refractivity (Wildman–Crippen MR) is 69.3 cm³/mol. The first-order chi connectivity index (χ1) is 9.65. The molecule has 0 saturated carbocycles. The minimum absolute atomic E-state index is 0. The van der Waals surface area contributed by atoms with Crippen molar-refractivity contribution in [2.24, 2.45) is 5.92 Å². The van der Waals surface area contributed by atoms with E-state index in [2.05, 4.69) is 4.98 Å². The molecule has 3 rings (SSSR count). The number of amides is 1. The van der Waals surface area contributed by atoms with Gasteiger partial charge in [-0.05, 0) is 12.8 Å². The first-order valence-electron chi connectivity index (χ1n) is 6.68. The van der Waals surface area contributed by atoms with Crippen molar-refractivity contribution in [2.45, 2.75) is 18.8 Å². The van der Waals surface area contributed by atoms with Crippen molar-refractivity contribution in [3.8, 4) is 0 Å². The van der Waals surface area contributed by atoms with E-state index in [-0.39, 0.29) is 41.5 Å². The molecule has 0 N–H and O–H groups in total. The molecule has 6 nitrogen and oxygen atoms in total. The third kappa shape index (κ3) is 3.48. The maximum atomic E-state index is 12.1. The van der Waals surface area contributed by atoms with Gasteiger partial charge in [0.05, 0.1) is 35.0 Å². The molecule has 0 aromatic carbocycles. The van der Waals surface area contributed by atoms with Gasteiger partial charge in [-0.15, -0.1) is 11.3 Å². The van der Waals surface area contributed by atoms with Gasteiger partial charge in [-0.25, -0.2) is 4.98 Å². The number of rotatable bonds is 3. The third-order valence-corrected chi connectivity index (χ3v) is 5.01. The van der Waals surface area contributed by atoms with Crippen LogP contribution in [0.15, 0.2) is 6.20 Å². The van der Waals surface area contributed by atoms with E-state index in [0.717, 1.165) is 17.8 Å². The van der Waals surface area contributed by atoms with Crippen LogP contribution in [0.3, 0.4) is 0 Å². The number of thiazole rings is 1. The minimum atomic E-state index is -1.17. The molecule has 1 aromatic heterocycles. The number of carboxylic acids is 1. The zero-order chi connectivity index (χ0) is 14.1. The Kier molecular flexibility index (Phi) is 5.44. The number of carbonyl (C=O) groups excluding carboxylic acids is 2. The molecule has 2 fully saturated rings. The molecular formula is C13H15LiN2O4S. The van der Waals surface area contributed by atoms with Crippen molar-refractivity contribution in [1.29, 1.82) is 0 Å². The van der Waals surface area contributed by atoms with Crippen LogP contribution in [0.2, 0.25) is 0 Å². The molecule has 0 bridgehead atoms. The van der Waals surface area contributed by atoms with Crippen molar-refractivity contribution < 1.29 is 38.3 Å². The fourth-order valence-electron chi connectivity index (χ4n) is 2.55. The van der Waals surface area contributed by atoms with E-state index in [1.165, 1.54) is 17.5 Å². The molecule has 2 saturated heterocycles. The number of nitrogens with zero attached hydrogens (tertiary/aromatic N) is 2. The summed E-state index contributed by atoms with van der Waals surface area (Å²) in [7, 11) is 0. The van der Waals surface area contributed by atoms with Crippen LogP contribution < -0.4 is 24.0 Å². The number of hydrogen-bond acceptors (Lipinski definition) is 6. The third-order valence-electron chi connectivity index (χ3n) is 3.87. The van der Waals surface area contributed by atoms with E-state index in [9.17, 15) is 14.7 Å². The Bertz CT molecular complexity index is 524. The van der Waals surface area contributed by atoms with Crippen LogP contribution in [0.4, 0.5) is 0 Å². The normalized spacial score (nSPS) is 19.7. The van der Waals surface area contributed by atoms with E-state index < -0.39 is 5.97 Å². The molecule has 0 radical (unpaired) electrons. The Morgan fingerprint density at radius 1 is 1.33 bits per heavy atom. The number of carbonyl (C=O) groups is 2. The summed E-state index contributed by atoms with van der Waals surface area (Å²) < 4.78 is 5.05. The topological polar surface area (TPSA) is 82.6 Å². The number of ether oxygens (including phenoxy) is 1. The second kappa shape index (κ2) is 6.92. The van der Waals surface area contributed by atoms with Crippen molar-refractivity contribution in [3.63, 3.8) is 0 Å². The summed E-state index contributed by atoms with van der Waals surface area (Å²) in [6.45, 7) is 2.50. The van der Waals surface area contributed by atoms with Gasteiger partial charge in [-0.3, -0.25) is 4.79 Å². The van der Waals surface area contributed by atoms with E-state index in [0.29, 0.717) is 26.3 Å². The molecule has 0 aliphatic carbocycles. The number of hydrogen-bond donors (Lipinski definition) is 0. The van der Waals surface area contributed by atoms with Crippen molar-refractivity contribution in [2.75, 3.05) is 26.3 Å². The molecule has 0 unspecified atom stereocenters. The molecule has 2 aliphatic rings. The maximum Gasteiger partial charge on any atom is 1.00 e. The van der Waals surface area contributed by atoms with Gasteiger partial charge in [-0.2, -0.15) is 0 Å². The van der Waals surface area contributed by atoms with Crippen LogP contribution in [0, 0.1) is 5.92 Å². The Labute approximate surface area is 138 Å². The number of carboxylic acid groups (broad SMARTS) is 1. The summed E-state index contributed by atoms with van der Waals surface area (Å²) >= 11 is 1.18. The van der Waals surface area contributed by atoms with E-state index in [1.807, 2.05) is 4.90 Å². The smallest absolute Gasteiger partial charge is 0.544 e. The average Bonchev–Trinajstić information content (AvgIpc) is 2.86. The monoisotopic (exact) mass is 302 g/mol. The molecule has 0 spiro atoms. The first-order valence-corrected chi connectivity index (χ1v) is 7.50. The summed E-state index contributed by atoms with van der Waals surface area (Å²) in [4.78, 5) is 29.0. The number of aromatic nitrogens is 1. The summed E-state index contributed by atoms with van der Waals surface area (Å²) in [5, 5.41) is 11.6. The summed E-state index contributed by atoms with van der Waals surface area (Å²) in [6, 6.07) is 0. The van der Waals surface area contributed by atoms with Gasteiger partial charge >= 0.3 is 18.9 Å². The quantitative estimate of drug-likeness (QED) is 0.551. The zero-order valence-corrected chi connectivity index (χ0v) is 12.7. The Morgan fingerprint density at radius 2 is 2.00 bits per heavy atom. The van der Waals surface area contributed by atoms with Crippen LogP contribution in [0.25, 0.3) is 0 Å². The fourth-order valence-corrected chi connectivity index (χ4v) is 3.48. The van der Waals surface area contributed by atoms with E-state index in [1.54, 1.807) is 0 Å². The Balaban J connectivity index is 0.00000161. The van der Waals surface area contributed by atoms with Crippen LogP contribution in [-0.4, -0.2) is 48.1 Å². The van der Waals surface area contributed by atoms with Crippen LogP contribution in [0.5, 0.6) is 0 Å². The van der Waals surface area contributed by atoms with Gasteiger partial charge < -0.3 is 19.5 Å². The number of likely N-dealkylation sites (tertiary alicyclic amines) is 1. The standard InChI is InChI=1S/C13H16N2O4S.Li/c16-12(9-6-19-7-9)15-3-1-8(2-4-15)11-14-5-10(20-11)13(17)18;/h5,8-9H,1-4,6-7H2,(H,17,18);/q;+1/p-1. The van der Waals surface area contributed by atoms with Crippen LogP contribution >= 0.6 is 11.3 Å². The van der Waals surface area contributed by atoms with Crippen molar-refractivity contribution >= 4 is 23.2 Å². The summed E-state index contributed by atoms with van der Waals surface area (Å²) in [6.07, 6.45) is 3.02.